The van der Waals surface area contributed by atoms with Gasteiger partial charge in [-0.25, -0.2) is 5.11 Å². The first-order valence-corrected chi connectivity index (χ1v) is 5.01. The van der Waals surface area contributed by atoms with Crippen molar-refractivity contribution in [2.45, 2.75) is 32.1 Å². The average Bonchev–Trinajstić information content (AvgIpc) is 2.21. The fourth-order valence-electron chi connectivity index (χ4n) is 1.66. The molecule has 1 radical (unpaired) electrons. The highest BCUT2D eigenvalue weighted by atomic mass is 16.2. The molecule has 0 heterocycles. The molecule has 71 valence electrons. The second-order valence-corrected chi connectivity index (χ2v) is 3.36. The van der Waals surface area contributed by atoms with Gasteiger partial charge in [-0.05, 0) is 30.7 Å². The zero-order valence-corrected chi connectivity index (χ0v) is 8.20. The lowest BCUT2D eigenvalue weighted by molar-refractivity contribution is 0.184. The van der Waals surface area contributed by atoms with E-state index in [1.54, 1.807) is 0 Å². The molecule has 1 aromatic rings. The third kappa shape index (κ3) is 3.19. The number of hydrogen-bond acceptors (Lipinski definition) is 0. The Hall–Kier alpha value is -0.820. The van der Waals surface area contributed by atoms with Gasteiger partial charge < -0.3 is 0 Å². The van der Waals surface area contributed by atoms with Crippen molar-refractivity contribution in [3.8, 4) is 0 Å². The molecule has 1 unspecified atom stereocenters. The van der Waals surface area contributed by atoms with Crippen LogP contribution in [0.1, 0.15) is 37.7 Å². The topological polar surface area (TPSA) is 19.9 Å². The van der Waals surface area contributed by atoms with E-state index in [1.165, 1.54) is 5.56 Å². The molecular weight excluding hydrogens is 160 g/mol. The maximum absolute atomic E-state index is 10.4. The summed E-state index contributed by atoms with van der Waals surface area (Å²) in [6, 6.07) is 10.5. The second kappa shape index (κ2) is 5.76. The molecule has 0 aliphatic heterocycles. The Labute approximate surface area is 80.4 Å². The van der Waals surface area contributed by atoms with Gasteiger partial charge >= 0.3 is 0 Å². The molecule has 1 rings (SSSR count). The highest BCUT2D eigenvalue weighted by molar-refractivity contribution is 5.19. The van der Waals surface area contributed by atoms with Crippen molar-refractivity contribution in [3.05, 3.63) is 35.9 Å². The standard InChI is InChI=1S/C12H17O/c1-2-11(9-6-10-13)12-7-4-3-5-8-12/h3-5,7-8,11H,2,6,9-10H2,1H3. The van der Waals surface area contributed by atoms with Gasteiger partial charge in [0.2, 0.25) is 0 Å². The third-order valence-corrected chi connectivity index (χ3v) is 2.46. The smallest absolute Gasteiger partial charge is 0.0822 e. The highest BCUT2D eigenvalue weighted by Gasteiger charge is 2.07. The lowest BCUT2D eigenvalue weighted by atomic mass is 9.92. The predicted molar refractivity (Wildman–Crippen MR) is 54.3 cm³/mol. The molecule has 0 spiro atoms. The molecular formula is C12H17O. The van der Waals surface area contributed by atoms with Gasteiger partial charge in [0.05, 0.1) is 6.61 Å². The summed E-state index contributed by atoms with van der Waals surface area (Å²) in [7, 11) is 0. The van der Waals surface area contributed by atoms with E-state index in [0.29, 0.717) is 5.92 Å². The lowest BCUT2D eigenvalue weighted by Gasteiger charge is -2.13. The van der Waals surface area contributed by atoms with Crippen LogP contribution < -0.4 is 0 Å². The Morgan fingerprint density at radius 3 is 2.46 bits per heavy atom. The summed E-state index contributed by atoms with van der Waals surface area (Å²) >= 11 is 0. The van der Waals surface area contributed by atoms with E-state index in [9.17, 15) is 5.11 Å². The van der Waals surface area contributed by atoms with Crippen molar-refractivity contribution in [2.24, 2.45) is 0 Å². The van der Waals surface area contributed by atoms with E-state index in [0.717, 1.165) is 19.3 Å². The van der Waals surface area contributed by atoms with E-state index < -0.39 is 0 Å². The number of hydrogen-bond donors (Lipinski definition) is 0. The van der Waals surface area contributed by atoms with Crippen LogP contribution in [0, 0.1) is 0 Å². The van der Waals surface area contributed by atoms with E-state index in [-0.39, 0.29) is 6.61 Å². The average molecular weight is 177 g/mol. The molecule has 13 heavy (non-hydrogen) atoms. The SMILES string of the molecule is CCC(CCC[O])c1ccccc1. The van der Waals surface area contributed by atoms with Gasteiger partial charge in [-0.15, -0.1) is 0 Å². The van der Waals surface area contributed by atoms with Gasteiger partial charge in [0.15, 0.2) is 0 Å². The van der Waals surface area contributed by atoms with Gasteiger partial charge in [-0.1, -0.05) is 37.3 Å². The van der Waals surface area contributed by atoms with E-state index in [4.69, 9.17) is 0 Å². The minimum atomic E-state index is 0.0589. The molecule has 0 amide bonds. The minimum absolute atomic E-state index is 0.0589. The normalized spacial score (nSPS) is 12.8. The quantitative estimate of drug-likeness (QED) is 0.657. The molecule has 0 aliphatic carbocycles. The maximum Gasteiger partial charge on any atom is 0.0822 e. The van der Waals surface area contributed by atoms with E-state index in [2.05, 4.69) is 31.2 Å². The Morgan fingerprint density at radius 1 is 1.23 bits per heavy atom. The molecule has 0 saturated carbocycles. The summed E-state index contributed by atoms with van der Waals surface area (Å²) in [5.41, 5.74) is 1.37. The Bertz CT molecular complexity index is 218. The first-order valence-electron chi connectivity index (χ1n) is 5.01. The number of benzene rings is 1. The maximum atomic E-state index is 10.4. The van der Waals surface area contributed by atoms with Gasteiger partial charge in [-0.2, -0.15) is 0 Å². The molecule has 1 heteroatoms. The lowest BCUT2D eigenvalue weighted by Crippen LogP contribution is -1.98. The van der Waals surface area contributed by atoms with Gasteiger partial charge in [0, 0.05) is 0 Å². The molecule has 1 atom stereocenters. The molecule has 0 fully saturated rings. The highest BCUT2D eigenvalue weighted by Crippen LogP contribution is 2.23. The first kappa shape index (κ1) is 10.3. The zero-order chi connectivity index (χ0) is 9.52. The summed E-state index contributed by atoms with van der Waals surface area (Å²) in [4.78, 5) is 0. The van der Waals surface area contributed by atoms with Crippen LogP contribution in [0.3, 0.4) is 0 Å². The molecule has 0 N–H and O–H groups in total. The summed E-state index contributed by atoms with van der Waals surface area (Å²) in [6.45, 7) is 2.24. The van der Waals surface area contributed by atoms with Crippen LogP contribution in [0.5, 0.6) is 0 Å². The second-order valence-electron chi connectivity index (χ2n) is 3.36. The van der Waals surface area contributed by atoms with Crippen LogP contribution in [-0.4, -0.2) is 6.61 Å². The monoisotopic (exact) mass is 177 g/mol. The van der Waals surface area contributed by atoms with Crippen LogP contribution in [0.2, 0.25) is 0 Å². The largest absolute Gasteiger partial charge is 0.237 e. The van der Waals surface area contributed by atoms with Gasteiger partial charge in [-0.3, -0.25) is 0 Å². The molecule has 1 aromatic carbocycles. The third-order valence-electron chi connectivity index (χ3n) is 2.46. The Morgan fingerprint density at radius 2 is 1.92 bits per heavy atom. The molecule has 1 nitrogen and oxygen atoms in total. The molecule has 0 aliphatic rings. The van der Waals surface area contributed by atoms with E-state index >= 15 is 0 Å². The van der Waals surface area contributed by atoms with Crippen LogP contribution >= 0.6 is 0 Å². The van der Waals surface area contributed by atoms with Crippen molar-refractivity contribution in [2.75, 3.05) is 6.61 Å². The van der Waals surface area contributed by atoms with E-state index in [1.807, 2.05) is 6.07 Å². The van der Waals surface area contributed by atoms with Crippen molar-refractivity contribution in [1.82, 2.24) is 0 Å². The van der Waals surface area contributed by atoms with Gasteiger partial charge in [0.25, 0.3) is 0 Å². The van der Waals surface area contributed by atoms with Crippen molar-refractivity contribution in [3.63, 3.8) is 0 Å². The van der Waals surface area contributed by atoms with Crippen LogP contribution in [0.15, 0.2) is 30.3 Å². The summed E-state index contributed by atoms with van der Waals surface area (Å²) < 4.78 is 0. The minimum Gasteiger partial charge on any atom is -0.237 e. The summed E-state index contributed by atoms with van der Waals surface area (Å²) in [5, 5.41) is 10.4. The Kier molecular flexibility index (Phi) is 4.55. The number of rotatable bonds is 5. The molecule has 0 saturated heterocycles. The zero-order valence-electron chi connectivity index (χ0n) is 8.20. The van der Waals surface area contributed by atoms with Crippen molar-refractivity contribution < 1.29 is 5.11 Å². The van der Waals surface area contributed by atoms with Crippen LogP contribution in [-0.2, 0) is 5.11 Å². The Balaban J connectivity index is 2.56. The van der Waals surface area contributed by atoms with Crippen molar-refractivity contribution >= 4 is 0 Å². The van der Waals surface area contributed by atoms with Crippen LogP contribution in [0.4, 0.5) is 0 Å². The van der Waals surface area contributed by atoms with Crippen molar-refractivity contribution in [1.29, 1.82) is 0 Å². The van der Waals surface area contributed by atoms with Gasteiger partial charge in [0.1, 0.15) is 0 Å². The fraction of sp³-hybridized carbons (Fsp3) is 0.500. The fourth-order valence-corrected chi connectivity index (χ4v) is 1.66. The van der Waals surface area contributed by atoms with Crippen LogP contribution in [0.25, 0.3) is 0 Å². The first-order chi connectivity index (χ1) is 6.38. The summed E-state index contributed by atoms with van der Waals surface area (Å²) in [6.07, 6.45) is 2.96. The summed E-state index contributed by atoms with van der Waals surface area (Å²) in [5.74, 6) is 0.579. The molecule has 0 bridgehead atoms. The predicted octanol–water partition coefficient (Wildman–Crippen LogP) is 3.39. The molecule has 0 aromatic heterocycles.